The van der Waals surface area contributed by atoms with Crippen LogP contribution in [-0.4, -0.2) is 363 Å². The maximum atomic E-state index is 14.6. The quantitative estimate of drug-likeness (QED) is 0.0251. The summed E-state index contributed by atoms with van der Waals surface area (Å²) in [5.74, 6) is -24.5. The first-order valence-corrected chi connectivity index (χ1v) is 50.3. The second kappa shape index (κ2) is 66.9. The average molecular weight is 2100 g/mol. The van der Waals surface area contributed by atoms with E-state index in [1.807, 2.05) is 31.9 Å². The number of aliphatic carboxylic acids is 1. The molecule has 29 N–H and O–H groups in total. The van der Waals surface area contributed by atoms with E-state index in [0.29, 0.717) is 32.1 Å². The van der Waals surface area contributed by atoms with E-state index in [4.69, 9.17) is 10.8 Å². The number of carboxylic acids is 1. The van der Waals surface area contributed by atoms with Crippen LogP contribution >= 0.6 is 75.8 Å². The zero-order valence-corrected chi connectivity index (χ0v) is 83.0. The predicted molar refractivity (Wildman–Crippen MR) is 519 cm³/mol. The van der Waals surface area contributed by atoms with Gasteiger partial charge in [0.2, 0.25) is 124 Å². The number of aliphatic hydroxyl groups is 6. The topological polar surface area (TPSA) is 784 Å². The van der Waals surface area contributed by atoms with Gasteiger partial charge in [0, 0.05) is 40.9 Å². The van der Waals surface area contributed by atoms with Crippen LogP contribution in [-0.2, 0) is 105 Å². The molecule has 0 unspecified atom stereocenters. The number of nitrogens with one attached hydrogen (secondary N) is 20. The highest BCUT2D eigenvalue weighted by atomic mass is 32.1. The summed E-state index contributed by atoms with van der Waals surface area (Å²) in [6, 6.07) is -24.8. The number of carbonyl (C=O) groups excluding carboxylic acids is 21. The van der Waals surface area contributed by atoms with Crippen molar-refractivity contribution in [2.24, 2.45) is 29.4 Å². The summed E-state index contributed by atoms with van der Waals surface area (Å²) in [4.78, 5) is 293. The van der Waals surface area contributed by atoms with Gasteiger partial charge in [-0.25, -0.2) is 0 Å². The Kier molecular flexibility index (Phi) is 58.5. The lowest BCUT2D eigenvalue weighted by Crippen LogP contribution is -2.62. The molecule has 56 heteroatoms. The molecule has 0 saturated heterocycles. The number of carbonyl (C=O) groups is 22. The lowest BCUT2D eigenvalue weighted by atomic mass is 9.84. The number of amides is 21. The molecular weight excluding hydrogens is 1960 g/mol. The van der Waals surface area contributed by atoms with E-state index >= 15 is 0 Å². The molecule has 4 aliphatic carbocycles. The molecule has 21 amide bonds. The number of hydrogen-bond acceptors (Lipinski definition) is 34. The minimum absolute atomic E-state index is 0.0271. The molecule has 0 spiro atoms. The van der Waals surface area contributed by atoms with Crippen molar-refractivity contribution in [2.75, 3.05) is 100 Å². The van der Waals surface area contributed by atoms with Gasteiger partial charge in [0.1, 0.15) is 96.7 Å². The monoisotopic (exact) mass is 2100 g/mol. The first-order valence-electron chi connectivity index (χ1n) is 46.5. The first-order chi connectivity index (χ1) is 66.8. The van der Waals surface area contributed by atoms with E-state index in [1.54, 1.807) is 0 Å². The highest BCUT2D eigenvalue weighted by Crippen LogP contribution is 2.31. The van der Waals surface area contributed by atoms with E-state index in [0.717, 1.165) is 103 Å². The van der Waals surface area contributed by atoms with Gasteiger partial charge in [0.25, 0.3) is 0 Å². The third-order valence-corrected chi connectivity index (χ3v) is 26.1. The van der Waals surface area contributed by atoms with Crippen molar-refractivity contribution < 1.29 is 141 Å². The molecule has 4 saturated carbocycles. The first kappa shape index (κ1) is 122. The van der Waals surface area contributed by atoms with Gasteiger partial charge in [-0.15, -0.1) is 0 Å². The van der Waals surface area contributed by atoms with Crippen molar-refractivity contribution in [2.45, 2.75) is 264 Å². The Bertz CT molecular complexity index is 4160. The number of nitrogens with two attached hydrogens (primary N) is 1. The second-order valence-electron chi connectivity index (χ2n) is 34.6. The van der Waals surface area contributed by atoms with Crippen LogP contribution in [0.3, 0.4) is 0 Å². The van der Waals surface area contributed by atoms with Crippen molar-refractivity contribution in [1.29, 1.82) is 0 Å². The van der Waals surface area contributed by atoms with Crippen LogP contribution in [0.1, 0.15) is 167 Å². The lowest BCUT2D eigenvalue weighted by Gasteiger charge is -2.30. The van der Waals surface area contributed by atoms with Crippen LogP contribution in [0, 0.1) is 23.7 Å². The van der Waals surface area contributed by atoms with Gasteiger partial charge in [0.15, 0.2) is 0 Å². The summed E-state index contributed by atoms with van der Waals surface area (Å²) in [5, 5.41) is 115. The zero-order chi connectivity index (χ0) is 104. The Morgan fingerprint density at radius 2 is 0.393 bits per heavy atom. The normalized spacial score (nSPS) is 17.6. The molecular formula is C84H139N21O29S6. The number of thiol groups is 6. The molecule has 16 atom stereocenters. The number of hydrogen-bond donors (Lipinski definition) is 34. The summed E-state index contributed by atoms with van der Waals surface area (Å²) in [6.07, 6.45) is 16.1. The maximum Gasteiger partial charge on any atom is 0.303 e. The van der Waals surface area contributed by atoms with E-state index in [1.165, 1.54) is 0 Å². The van der Waals surface area contributed by atoms with Gasteiger partial charge < -0.3 is 148 Å². The summed E-state index contributed by atoms with van der Waals surface area (Å²) in [7, 11) is 0. The predicted octanol–water partition coefficient (Wildman–Crippen LogP) is -11.0. The van der Waals surface area contributed by atoms with Crippen molar-refractivity contribution in [3.05, 3.63) is 0 Å². The summed E-state index contributed by atoms with van der Waals surface area (Å²) in [5.41, 5.74) is 5.69. The molecule has 0 aromatic carbocycles. The second-order valence-corrected chi connectivity index (χ2v) is 36.8. The fraction of sp³-hybridized carbons (Fsp3) is 0.738. The molecule has 50 nitrogen and oxygen atoms in total. The van der Waals surface area contributed by atoms with Crippen LogP contribution in [0.25, 0.3) is 0 Å². The summed E-state index contributed by atoms with van der Waals surface area (Å²) >= 11 is 26.0. The average Bonchev–Trinajstić information content (AvgIpc) is 0.865. The largest absolute Gasteiger partial charge is 0.481 e. The van der Waals surface area contributed by atoms with Gasteiger partial charge in [-0.3, -0.25) is 105 Å². The number of carboxylic acid groups (broad SMARTS) is 1. The molecule has 790 valence electrons. The van der Waals surface area contributed by atoms with E-state index in [2.05, 4.69) is 150 Å². The van der Waals surface area contributed by atoms with Crippen molar-refractivity contribution in [3.8, 4) is 0 Å². The summed E-state index contributed by atoms with van der Waals surface area (Å²) < 4.78 is 0. The maximum absolute atomic E-state index is 14.6. The Labute approximate surface area is 841 Å². The van der Waals surface area contributed by atoms with E-state index in [9.17, 15) is 136 Å². The van der Waals surface area contributed by atoms with Gasteiger partial charge >= 0.3 is 5.97 Å². The van der Waals surface area contributed by atoms with E-state index < -0.39 is 305 Å². The van der Waals surface area contributed by atoms with Gasteiger partial charge in [-0.05, 0) is 49.4 Å². The van der Waals surface area contributed by atoms with Crippen LogP contribution in [0.4, 0.5) is 0 Å². The molecule has 140 heavy (non-hydrogen) atoms. The van der Waals surface area contributed by atoms with Crippen molar-refractivity contribution in [1.82, 2.24) is 106 Å². The molecule has 0 radical (unpaired) electrons. The molecule has 0 aliphatic heterocycles. The molecule has 0 bridgehead atoms. The van der Waals surface area contributed by atoms with Crippen LogP contribution < -0.4 is 112 Å². The molecule has 4 aliphatic rings. The van der Waals surface area contributed by atoms with Gasteiger partial charge in [-0.1, -0.05) is 128 Å². The fourth-order valence-corrected chi connectivity index (χ4v) is 17.4. The van der Waals surface area contributed by atoms with Crippen LogP contribution in [0.2, 0.25) is 0 Å². The minimum Gasteiger partial charge on any atom is -0.481 e. The number of rotatable bonds is 63. The molecule has 0 heterocycles. The zero-order valence-electron chi connectivity index (χ0n) is 77.6. The van der Waals surface area contributed by atoms with Crippen molar-refractivity contribution >= 4 is 206 Å². The molecule has 0 aromatic rings. The Hall–Kier alpha value is -9.80. The van der Waals surface area contributed by atoms with Gasteiger partial charge in [0.05, 0.1) is 72.2 Å². The lowest BCUT2D eigenvalue weighted by molar-refractivity contribution is -0.139. The molecule has 4 rings (SSSR count). The Morgan fingerprint density at radius 1 is 0.214 bits per heavy atom. The van der Waals surface area contributed by atoms with Crippen LogP contribution in [0.15, 0.2) is 0 Å². The minimum atomic E-state index is -1.97. The third kappa shape index (κ3) is 44.8. The highest BCUT2D eigenvalue weighted by Gasteiger charge is 2.40. The number of aliphatic hydroxyl groups excluding tert-OH is 6. The number of primary amides is 1. The molecule has 4 fully saturated rings. The third-order valence-electron chi connectivity index (χ3n) is 23.9. The molecule has 0 aromatic heterocycles. The summed E-state index contributed by atoms with van der Waals surface area (Å²) in [6.45, 7) is -10.4. The Morgan fingerprint density at radius 3 is 0.636 bits per heavy atom. The fourth-order valence-electron chi connectivity index (χ4n) is 15.9. The highest BCUT2D eigenvalue weighted by molar-refractivity contribution is 7.81. The van der Waals surface area contributed by atoms with E-state index in [-0.39, 0.29) is 77.5 Å². The van der Waals surface area contributed by atoms with Gasteiger partial charge in [-0.2, -0.15) is 75.8 Å². The smallest absolute Gasteiger partial charge is 0.303 e. The van der Waals surface area contributed by atoms with Crippen molar-refractivity contribution in [3.63, 3.8) is 0 Å². The SMILES string of the molecule is NC(=O)[C@H](CC1CCCCC1)NC(=O)[C@H](CS)NC(=O)[C@H](CS)NC(=O)[C@H](CC1CCCCC1)NC(=O)[C@H](CS)NC(=O)[C@H](CS)NC(=O)[C@H](CC1CCCCC1)NC(=O)[C@H](CS)NC(=O)[C@H](CS)NC(=O)[C@H](CC1CCCCC1)NC(=O)CNC(=O)[C@H](CO)NC(=O)[C@H](CO)NC(=O)[C@H](CO)NC(=O)CNC(=O)CNC(=O)[C@H](CO)NC(=O)[C@H](CO)NC(=O)[C@H](CO)NC(=O)CNC(=O)CCC(=O)O. The Balaban J connectivity index is 1.34. The standard InChI is InChI=1S/C84H139N21O29S6/c85-69(119)47(23-43-13-5-1-6-14-43)93-79(129)57(37-135)103-83(133)61(41-139)101-73(123)49(25-45-17-9-3-10-18-45)95-81(131)59(39-137)105-84(134)62(42-140)102-74(124)50(26-46-19-11-4-12-20-46)94-80(130)58(38-136)104-82(132)60(40-138)100-72(122)48(24-44-15-7-2-8-16-44)90-67(116)30-89-71(121)52(32-107)97-78(128)56(36-111)99-76(126)54(34-109)92-66(115)29-87-64(113)27-88-70(120)51(31-106)96-77(127)55(35-110)98-75(125)53(33-108)91-65(114)28-86-63(112)21-22-68(117)118/h43-62,106-111,135-140H,1-42H2,(H2,85,119)(H,86,112)(H,87,113)(H,88,120)(H,89,121)(H,90,116)(H,91,114)(H,92,115)(H,93,129)(H,94,130)(H,95,131)(H,96,127)(H,97,128)(H,98,125)(H,99,126)(H,100,122)(H,101,123)(H,102,124)(H,103,133)(H,104,132)(H,105,134)(H,117,118)/t47-,48-,49-,50-,51-,52-,53-,54-,55-,56-,57-,58-,59-,60-,61-,62-/m0/s1. The van der Waals surface area contributed by atoms with Crippen LogP contribution in [0.5, 0.6) is 0 Å².